The van der Waals surface area contributed by atoms with Crippen LogP contribution >= 0.6 is 0 Å². The molecule has 1 aromatic carbocycles. The van der Waals surface area contributed by atoms with Crippen LogP contribution in [0.3, 0.4) is 0 Å². The van der Waals surface area contributed by atoms with Crippen LogP contribution in [0.1, 0.15) is 36.2 Å². The third-order valence-corrected chi connectivity index (χ3v) is 3.50. The third-order valence-electron chi connectivity index (χ3n) is 3.50. The molecule has 5 nitrogen and oxygen atoms in total. The van der Waals surface area contributed by atoms with Gasteiger partial charge in [-0.1, -0.05) is 6.92 Å². The summed E-state index contributed by atoms with van der Waals surface area (Å²) >= 11 is 0. The van der Waals surface area contributed by atoms with Gasteiger partial charge in [0.1, 0.15) is 0 Å². The van der Waals surface area contributed by atoms with Crippen LogP contribution in [0.4, 0.5) is 5.69 Å². The Kier molecular flexibility index (Phi) is 4.67. The summed E-state index contributed by atoms with van der Waals surface area (Å²) in [6, 6.07) is 4.60. The SMILES string of the molecule is CCC(C)(CN)C(=O)Nc1ccc(C(=O)O)cc1C. The van der Waals surface area contributed by atoms with Crippen LogP contribution in [0.25, 0.3) is 0 Å². The second-order valence-corrected chi connectivity index (χ2v) is 4.91. The van der Waals surface area contributed by atoms with Crippen molar-refractivity contribution in [2.45, 2.75) is 27.2 Å². The highest BCUT2D eigenvalue weighted by atomic mass is 16.4. The predicted octanol–water partition coefficient (Wildman–Crippen LogP) is 2.01. The molecule has 0 fully saturated rings. The molecule has 1 rings (SSSR count). The number of aromatic carboxylic acids is 1. The van der Waals surface area contributed by atoms with E-state index in [2.05, 4.69) is 5.32 Å². The Morgan fingerprint density at radius 2 is 2.05 bits per heavy atom. The topological polar surface area (TPSA) is 92.4 Å². The van der Waals surface area contributed by atoms with Gasteiger partial charge >= 0.3 is 5.97 Å². The molecule has 1 unspecified atom stereocenters. The number of amides is 1. The number of nitrogens with one attached hydrogen (secondary N) is 1. The first-order chi connectivity index (χ1) is 8.84. The van der Waals surface area contributed by atoms with Crippen molar-refractivity contribution < 1.29 is 14.7 Å². The Bertz CT molecular complexity index is 493. The van der Waals surface area contributed by atoms with Gasteiger partial charge in [-0.3, -0.25) is 4.79 Å². The van der Waals surface area contributed by atoms with E-state index in [0.29, 0.717) is 17.7 Å². The molecule has 0 spiro atoms. The number of benzene rings is 1. The van der Waals surface area contributed by atoms with Gasteiger partial charge in [-0.05, 0) is 44.0 Å². The van der Waals surface area contributed by atoms with E-state index >= 15 is 0 Å². The Balaban J connectivity index is 2.95. The molecule has 0 aliphatic rings. The highest BCUT2D eigenvalue weighted by Gasteiger charge is 2.29. The van der Waals surface area contributed by atoms with E-state index in [1.807, 2.05) is 13.8 Å². The van der Waals surface area contributed by atoms with E-state index in [1.165, 1.54) is 12.1 Å². The molecule has 1 atom stereocenters. The van der Waals surface area contributed by atoms with Crippen molar-refractivity contribution in [3.05, 3.63) is 29.3 Å². The van der Waals surface area contributed by atoms with Crippen LogP contribution in [-0.4, -0.2) is 23.5 Å². The van der Waals surface area contributed by atoms with Crippen molar-refractivity contribution in [1.82, 2.24) is 0 Å². The Labute approximate surface area is 112 Å². The summed E-state index contributed by atoms with van der Waals surface area (Å²) < 4.78 is 0. The van der Waals surface area contributed by atoms with Crippen molar-refractivity contribution in [1.29, 1.82) is 0 Å². The van der Waals surface area contributed by atoms with Gasteiger partial charge in [-0.2, -0.15) is 0 Å². The lowest BCUT2D eigenvalue weighted by Crippen LogP contribution is -2.39. The second-order valence-electron chi connectivity index (χ2n) is 4.91. The highest BCUT2D eigenvalue weighted by molar-refractivity contribution is 5.96. The quantitative estimate of drug-likeness (QED) is 0.758. The normalized spacial score (nSPS) is 13.7. The molecule has 0 radical (unpaired) electrons. The number of carbonyl (C=O) groups is 2. The average molecular weight is 264 g/mol. The van der Waals surface area contributed by atoms with Crippen molar-refractivity contribution in [3.63, 3.8) is 0 Å². The van der Waals surface area contributed by atoms with E-state index in [4.69, 9.17) is 10.8 Å². The highest BCUT2D eigenvalue weighted by Crippen LogP contribution is 2.24. The molecular formula is C14H20N2O3. The number of rotatable bonds is 5. The third kappa shape index (κ3) is 3.32. The first kappa shape index (κ1) is 15.2. The molecule has 104 valence electrons. The summed E-state index contributed by atoms with van der Waals surface area (Å²) in [5.41, 5.74) is 6.55. The predicted molar refractivity (Wildman–Crippen MR) is 74.2 cm³/mol. The fraction of sp³-hybridized carbons (Fsp3) is 0.429. The molecule has 0 heterocycles. The summed E-state index contributed by atoms with van der Waals surface area (Å²) in [6.07, 6.45) is 0.640. The van der Waals surface area contributed by atoms with Gasteiger partial charge < -0.3 is 16.2 Å². The van der Waals surface area contributed by atoms with Gasteiger partial charge in [0.15, 0.2) is 0 Å². The van der Waals surface area contributed by atoms with Crippen molar-refractivity contribution in [2.24, 2.45) is 11.1 Å². The van der Waals surface area contributed by atoms with Gasteiger partial charge in [0.25, 0.3) is 0 Å². The largest absolute Gasteiger partial charge is 0.478 e. The minimum absolute atomic E-state index is 0.149. The summed E-state index contributed by atoms with van der Waals surface area (Å²) in [4.78, 5) is 23.0. The molecule has 0 aliphatic heterocycles. The van der Waals surface area contributed by atoms with Gasteiger partial charge in [0.2, 0.25) is 5.91 Å². The number of carbonyl (C=O) groups excluding carboxylic acids is 1. The molecule has 1 aromatic rings. The molecule has 4 N–H and O–H groups in total. The Morgan fingerprint density at radius 3 is 2.47 bits per heavy atom. The number of carboxylic acids is 1. The standard InChI is InChI=1S/C14H20N2O3/c1-4-14(3,8-15)13(19)16-11-6-5-10(12(17)18)7-9(11)2/h5-7H,4,8,15H2,1-3H3,(H,16,19)(H,17,18). The first-order valence-electron chi connectivity index (χ1n) is 6.19. The summed E-state index contributed by atoms with van der Waals surface area (Å²) in [7, 11) is 0. The number of aryl methyl sites for hydroxylation is 1. The van der Waals surface area contributed by atoms with Gasteiger partial charge in [-0.15, -0.1) is 0 Å². The molecule has 0 saturated carbocycles. The maximum Gasteiger partial charge on any atom is 0.335 e. The zero-order chi connectivity index (χ0) is 14.6. The number of carboxylic acid groups (broad SMARTS) is 1. The van der Waals surface area contributed by atoms with Gasteiger partial charge in [0.05, 0.1) is 11.0 Å². The lowest BCUT2D eigenvalue weighted by Gasteiger charge is -2.25. The molecule has 5 heteroatoms. The second kappa shape index (κ2) is 5.84. The molecule has 19 heavy (non-hydrogen) atoms. The smallest absolute Gasteiger partial charge is 0.335 e. The van der Waals surface area contributed by atoms with E-state index < -0.39 is 11.4 Å². The van der Waals surface area contributed by atoms with Crippen molar-refractivity contribution in [2.75, 3.05) is 11.9 Å². The monoisotopic (exact) mass is 264 g/mol. The lowest BCUT2D eigenvalue weighted by molar-refractivity contribution is -0.124. The van der Waals surface area contributed by atoms with Crippen LogP contribution in [0.15, 0.2) is 18.2 Å². The minimum atomic E-state index is -0.985. The number of hydrogen-bond donors (Lipinski definition) is 3. The van der Waals surface area contributed by atoms with Gasteiger partial charge in [-0.25, -0.2) is 4.79 Å². The van der Waals surface area contributed by atoms with Crippen molar-refractivity contribution in [3.8, 4) is 0 Å². The Hall–Kier alpha value is -1.88. The molecule has 0 aliphatic carbocycles. The first-order valence-corrected chi connectivity index (χ1v) is 6.19. The van der Waals surface area contributed by atoms with Crippen molar-refractivity contribution >= 4 is 17.6 Å². The van der Waals surface area contributed by atoms with Crippen LogP contribution in [0, 0.1) is 12.3 Å². The summed E-state index contributed by atoms with van der Waals surface area (Å²) in [5, 5.41) is 11.7. The fourth-order valence-electron chi connectivity index (χ4n) is 1.61. The summed E-state index contributed by atoms with van der Waals surface area (Å²) in [5.74, 6) is -1.13. The van der Waals surface area contributed by atoms with Crippen LogP contribution in [0.5, 0.6) is 0 Å². The zero-order valence-corrected chi connectivity index (χ0v) is 11.5. The summed E-state index contributed by atoms with van der Waals surface area (Å²) in [6.45, 7) is 5.74. The van der Waals surface area contributed by atoms with E-state index in [-0.39, 0.29) is 18.0 Å². The molecule has 0 saturated heterocycles. The van der Waals surface area contributed by atoms with Crippen LogP contribution < -0.4 is 11.1 Å². The van der Waals surface area contributed by atoms with Crippen LogP contribution in [-0.2, 0) is 4.79 Å². The molecular weight excluding hydrogens is 244 g/mol. The van der Waals surface area contributed by atoms with E-state index in [9.17, 15) is 9.59 Å². The zero-order valence-electron chi connectivity index (χ0n) is 11.5. The number of anilines is 1. The lowest BCUT2D eigenvalue weighted by atomic mass is 9.86. The molecule has 0 aromatic heterocycles. The van der Waals surface area contributed by atoms with E-state index in [0.717, 1.165) is 0 Å². The minimum Gasteiger partial charge on any atom is -0.478 e. The van der Waals surface area contributed by atoms with E-state index in [1.54, 1.807) is 13.0 Å². The number of hydrogen-bond acceptors (Lipinski definition) is 3. The maximum absolute atomic E-state index is 12.2. The fourth-order valence-corrected chi connectivity index (χ4v) is 1.61. The average Bonchev–Trinajstić information content (AvgIpc) is 2.39. The number of nitrogens with two attached hydrogens (primary N) is 1. The Morgan fingerprint density at radius 1 is 1.42 bits per heavy atom. The molecule has 1 amide bonds. The van der Waals surface area contributed by atoms with Crippen LogP contribution in [0.2, 0.25) is 0 Å². The van der Waals surface area contributed by atoms with Gasteiger partial charge in [0, 0.05) is 12.2 Å². The maximum atomic E-state index is 12.2. The molecule has 0 bridgehead atoms.